The zero-order chi connectivity index (χ0) is 14.8. The van der Waals surface area contributed by atoms with Gasteiger partial charge in [0.1, 0.15) is 5.82 Å². The summed E-state index contributed by atoms with van der Waals surface area (Å²) in [5, 5.41) is 0.378. The van der Waals surface area contributed by atoms with E-state index in [4.69, 9.17) is 23.2 Å². The molecule has 0 aliphatic heterocycles. The molecule has 0 heterocycles. The van der Waals surface area contributed by atoms with Crippen LogP contribution in [0.15, 0.2) is 42.5 Å². The van der Waals surface area contributed by atoms with Gasteiger partial charge in [0.15, 0.2) is 0 Å². The second-order valence-electron chi connectivity index (χ2n) is 5.69. The van der Waals surface area contributed by atoms with Gasteiger partial charge in [0, 0.05) is 5.02 Å². The van der Waals surface area contributed by atoms with Crippen LogP contribution in [0.4, 0.5) is 4.39 Å². The lowest BCUT2D eigenvalue weighted by Gasteiger charge is -2.21. The zero-order valence-corrected chi connectivity index (χ0v) is 13.2. The third-order valence-electron chi connectivity index (χ3n) is 4.28. The van der Waals surface area contributed by atoms with Gasteiger partial charge in [-0.05, 0) is 60.4 Å². The third kappa shape index (κ3) is 3.25. The molecule has 2 aromatic rings. The molecule has 2 aromatic carbocycles. The van der Waals surface area contributed by atoms with Crippen LogP contribution in [0.2, 0.25) is 5.02 Å². The van der Waals surface area contributed by atoms with Crippen molar-refractivity contribution in [1.29, 1.82) is 0 Å². The Bertz CT molecular complexity index is 639. The minimum atomic E-state index is -0.233. The molecule has 21 heavy (non-hydrogen) atoms. The van der Waals surface area contributed by atoms with Gasteiger partial charge in [-0.25, -0.2) is 4.39 Å². The van der Waals surface area contributed by atoms with Gasteiger partial charge >= 0.3 is 0 Å². The highest BCUT2D eigenvalue weighted by atomic mass is 35.5. The van der Waals surface area contributed by atoms with E-state index in [1.54, 1.807) is 12.1 Å². The SMILES string of the molecule is Fc1cc(Cl)ccc1CC1CCCc2ccccc2C1Cl. The van der Waals surface area contributed by atoms with Crippen LogP contribution in [-0.4, -0.2) is 0 Å². The smallest absolute Gasteiger partial charge is 0.127 e. The Hall–Kier alpha value is -1.05. The van der Waals surface area contributed by atoms with Crippen LogP contribution in [0.25, 0.3) is 0 Å². The summed E-state index contributed by atoms with van der Waals surface area (Å²) in [6.07, 6.45) is 3.83. The van der Waals surface area contributed by atoms with E-state index in [0.717, 1.165) is 19.3 Å². The van der Waals surface area contributed by atoms with Crippen LogP contribution in [-0.2, 0) is 12.8 Å². The van der Waals surface area contributed by atoms with E-state index in [-0.39, 0.29) is 17.1 Å². The quantitative estimate of drug-likeness (QED) is 0.473. The zero-order valence-electron chi connectivity index (χ0n) is 11.7. The summed E-state index contributed by atoms with van der Waals surface area (Å²) in [4.78, 5) is 0. The molecule has 0 N–H and O–H groups in total. The van der Waals surface area contributed by atoms with Crippen molar-refractivity contribution in [3.63, 3.8) is 0 Å². The van der Waals surface area contributed by atoms with E-state index in [1.165, 1.54) is 17.2 Å². The molecule has 0 saturated carbocycles. The monoisotopic (exact) mass is 322 g/mol. The number of alkyl halides is 1. The minimum absolute atomic E-state index is 0.0567. The highest BCUT2D eigenvalue weighted by Gasteiger charge is 2.26. The number of aryl methyl sites for hydroxylation is 1. The van der Waals surface area contributed by atoms with Gasteiger partial charge in [-0.15, -0.1) is 11.6 Å². The fourth-order valence-electron chi connectivity index (χ4n) is 3.16. The Balaban J connectivity index is 1.86. The van der Waals surface area contributed by atoms with Crippen molar-refractivity contribution in [3.8, 4) is 0 Å². The normalized spacial score (nSPS) is 21.7. The summed E-state index contributed by atoms with van der Waals surface area (Å²) in [5.41, 5.74) is 3.24. The second kappa shape index (κ2) is 6.37. The van der Waals surface area contributed by atoms with Gasteiger partial charge in [0.2, 0.25) is 0 Å². The van der Waals surface area contributed by atoms with E-state index >= 15 is 0 Å². The lowest BCUT2D eigenvalue weighted by molar-refractivity contribution is 0.455. The Labute approximate surface area is 134 Å². The first-order valence-corrected chi connectivity index (χ1v) is 8.12. The standard InChI is InChI=1S/C18H17Cl2F/c19-15-9-8-13(17(21)11-15)10-14-6-3-5-12-4-1-2-7-16(12)18(14)20/h1-2,4,7-9,11,14,18H,3,5-6,10H2. The van der Waals surface area contributed by atoms with E-state index in [9.17, 15) is 4.39 Å². The highest BCUT2D eigenvalue weighted by Crippen LogP contribution is 2.39. The van der Waals surface area contributed by atoms with Crippen LogP contribution < -0.4 is 0 Å². The maximum absolute atomic E-state index is 14.0. The predicted molar refractivity (Wildman–Crippen MR) is 86.6 cm³/mol. The Morgan fingerprint density at radius 1 is 1.14 bits per heavy atom. The summed E-state index contributed by atoms with van der Waals surface area (Å²) < 4.78 is 14.0. The number of benzene rings is 2. The molecule has 3 heteroatoms. The molecule has 2 unspecified atom stereocenters. The Morgan fingerprint density at radius 3 is 2.76 bits per heavy atom. The minimum Gasteiger partial charge on any atom is -0.207 e. The van der Waals surface area contributed by atoms with Crippen molar-refractivity contribution in [1.82, 2.24) is 0 Å². The Kier molecular flexibility index (Phi) is 4.51. The first kappa shape index (κ1) is 14.9. The first-order chi connectivity index (χ1) is 10.1. The van der Waals surface area contributed by atoms with Gasteiger partial charge < -0.3 is 0 Å². The largest absolute Gasteiger partial charge is 0.207 e. The summed E-state index contributed by atoms with van der Waals surface area (Å²) >= 11 is 12.5. The molecular weight excluding hydrogens is 306 g/mol. The molecule has 0 radical (unpaired) electrons. The molecule has 0 nitrogen and oxygen atoms in total. The van der Waals surface area contributed by atoms with Crippen molar-refractivity contribution in [2.75, 3.05) is 0 Å². The molecular formula is C18H17Cl2F. The van der Waals surface area contributed by atoms with Crippen LogP contribution >= 0.6 is 23.2 Å². The van der Waals surface area contributed by atoms with Gasteiger partial charge in [-0.1, -0.05) is 41.9 Å². The molecule has 110 valence electrons. The molecule has 0 spiro atoms. The van der Waals surface area contributed by atoms with Crippen LogP contribution in [0, 0.1) is 11.7 Å². The lowest BCUT2D eigenvalue weighted by Crippen LogP contribution is -2.11. The van der Waals surface area contributed by atoms with Crippen molar-refractivity contribution in [2.24, 2.45) is 5.92 Å². The van der Waals surface area contributed by atoms with Crippen molar-refractivity contribution >= 4 is 23.2 Å². The summed E-state index contributed by atoms with van der Waals surface area (Å²) in [6.45, 7) is 0. The highest BCUT2D eigenvalue weighted by molar-refractivity contribution is 6.30. The number of rotatable bonds is 2. The van der Waals surface area contributed by atoms with Gasteiger partial charge in [-0.3, -0.25) is 0 Å². The molecule has 0 amide bonds. The topological polar surface area (TPSA) is 0 Å². The maximum Gasteiger partial charge on any atom is 0.127 e. The Morgan fingerprint density at radius 2 is 1.95 bits per heavy atom. The fourth-order valence-corrected chi connectivity index (χ4v) is 3.75. The van der Waals surface area contributed by atoms with E-state index in [0.29, 0.717) is 17.0 Å². The first-order valence-electron chi connectivity index (χ1n) is 7.31. The predicted octanol–water partition coefficient (Wildman–Crippen LogP) is 5.95. The molecule has 1 aliphatic carbocycles. The van der Waals surface area contributed by atoms with Gasteiger partial charge in [0.05, 0.1) is 5.38 Å². The molecule has 0 aromatic heterocycles. The van der Waals surface area contributed by atoms with E-state index in [2.05, 4.69) is 18.2 Å². The molecule has 0 fully saturated rings. The van der Waals surface area contributed by atoms with E-state index < -0.39 is 0 Å². The summed E-state index contributed by atoms with van der Waals surface area (Å²) in [5.74, 6) is 0.0230. The molecule has 3 rings (SSSR count). The third-order valence-corrected chi connectivity index (χ3v) is 5.11. The average molecular weight is 323 g/mol. The lowest BCUT2D eigenvalue weighted by atomic mass is 9.90. The van der Waals surface area contributed by atoms with Crippen molar-refractivity contribution in [2.45, 2.75) is 31.1 Å². The number of hydrogen-bond donors (Lipinski definition) is 0. The van der Waals surface area contributed by atoms with Crippen LogP contribution in [0.5, 0.6) is 0 Å². The van der Waals surface area contributed by atoms with Crippen molar-refractivity contribution in [3.05, 3.63) is 70.0 Å². The number of fused-ring (bicyclic) bond motifs is 1. The number of halogens is 3. The van der Waals surface area contributed by atoms with Crippen LogP contribution in [0.3, 0.4) is 0 Å². The molecule has 0 bridgehead atoms. The molecule has 2 atom stereocenters. The summed E-state index contributed by atoms with van der Waals surface area (Å²) in [6, 6.07) is 13.2. The van der Waals surface area contributed by atoms with Crippen molar-refractivity contribution < 1.29 is 4.39 Å². The number of hydrogen-bond acceptors (Lipinski definition) is 0. The molecule has 1 aliphatic rings. The molecule has 0 saturated heterocycles. The van der Waals surface area contributed by atoms with Crippen LogP contribution in [0.1, 0.15) is 34.9 Å². The maximum atomic E-state index is 14.0. The van der Waals surface area contributed by atoms with E-state index in [1.807, 2.05) is 6.07 Å². The second-order valence-corrected chi connectivity index (χ2v) is 6.60. The van der Waals surface area contributed by atoms with Gasteiger partial charge in [0.25, 0.3) is 0 Å². The van der Waals surface area contributed by atoms with Gasteiger partial charge in [-0.2, -0.15) is 0 Å². The average Bonchev–Trinajstić information content (AvgIpc) is 2.63. The summed E-state index contributed by atoms with van der Waals surface area (Å²) in [7, 11) is 0. The fraction of sp³-hybridized carbons (Fsp3) is 0.333.